The molecule has 1 fully saturated rings. The van der Waals surface area contributed by atoms with Gasteiger partial charge in [0.15, 0.2) is 0 Å². The molecule has 0 aliphatic carbocycles. The van der Waals surface area contributed by atoms with Gasteiger partial charge in [0.1, 0.15) is 5.75 Å². The van der Waals surface area contributed by atoms with E-state index in [4.69, 9.17) is 4.74 Å². The highest BCUT2D eigenvalue weighted by atomic mass is 16.5. The van der Waals surface area contributed by atoms with E-state index in [9.17, 15) is 5.11 Å². The predicted octanol–water partition coefficient (Wildman–Crippen LogP) is 0.991. The number of aromatic hydroxyl groups is 1. The molecule has 2 N–H and O–H groups in total. The molecule has 1 saturated heterocycles. The Morgan fingerprint density at radius 1 is 1.33 bits per heavy atom. The number of aromatic nitrogens is 3. The average molecular weight is 331 g/mol. The second-order valence-electron chi connectivity index (χ2n) is 6.26. The van der Waals surface area contributed by atoms with Crippen LogP contribution < -0.4 is 5.32 Å². The molecule has 3 heterocycles. The number of aryl methyl sites for hydroxylation is 2. The number of nitrogens with zero attached hydrogens (tertiary/aromatic N) is 4. The molecule has 0 aromatic carbocycles. The molecular formula is C17H25N5O2. The summed E-state index contributed by atoms with van der Waals surface area (Å²) in [6.45, 7) is 4.71. The van der Waals surface area contributed by atoms with Crippen LogP contribution in [0, 0.1) is 6.92 Å². The summed E-state index contributed by atoms with van der Waals surface area (Å²) >= 11 is 0. The number of ether oxygens (including phenoxy) is 1. The molecule has 2 atom stereocenters. The molecule has 1 aliphatic rings. The summed E-state index contributed by atoms with van der Waals surface area (Å²) < 4.78 is 7.90. The third kappa shape index (κ3) is 3.58. The summed E-state index contributed by atoms with van der Waals surface area (Å²) in [5, 5.41) is 17.5. The zero-order valence-electron chi connectivity index (χ0n) is 14.4. The van der Waals surface area contributed by atoms with Crippen molar-refractivity contribution in [1.82, 2.24) is 25.0 Å². The minimum Gasteiger partial charge on any atom is -0.506 e. The van der Waals surface area contributed by atoms with Gasteiger partial charge < -0.3 is 15.2 Å². The topological polar surface area (TPSA) is 75.4 Å². The standard InChI is InChI=1S/C17H25N5O2/c1-12-4-5-15(23)13(20-12)10-18-11-16-17(21(2)8-9-24-16)14-6-7-19-22(14)3/h4-7,16-18,23H,8-11H2,1-3H3/t16-,17-/m0/s1. The van der Waals surface area contributed by atoms with E-state index in [1.807, 2.05) is 30.9 Å². The van der Waals surface area contributed by atoms with Crippen LogP contribution in [0.3, 0.4) is 0 Å². The van der Waals surface area contributed by atoms with Gasteiger partial charge in [-0.2, -0.15) is 5.10 Å². The molecule has 3 rings (SSSR count). The molecule has 7 nitrogen and oxygen atoms in total. The van der Waals surface area contributed by atoms with Crippen molar-refractivity contribution in [2.24, 2.45) is 7.05 Å². The highest BCUT2D eigenvalue weighted by Crippen LogP contribution is 2.27. The van der Waals surface area contributed by atoms with Crippen LogP contribution in [0.5, 0.6) is 5.75 Å². The summed E-state index contributed by atoms with van der Waals surface area (Å²) in [7, 11) is 4.07. The molecular weight excluding hydrogens is 306 g/mol. The van der Waals surface area contributed by atoms with Crippen LogP contribution in [0.4, 0.5) is 0 Å². The van der Waals surface area contributed by atoms with Gasteiger partial charge in [-0.15, -0.1) is 0 Å². The number of rotatable bonds is 5. The van der Waals surface area contributed by atoms with Crippen LogP contribution in [0.25, 0.3) is 0 Å². The zero-order valence-corrected chi connectivity index (χ0v) is 14.4. The predicted molar refractivity (Wildman–Crippen MR) is 90.7 cm³/mol. The molecule has 1 aliphatic heterocycles. The molecule has 130 valence electrons. The van der Waals surface area contributed by atoms with Crippen LogP contribution in [-0.2, 0) is 18.3 Å². The molecule has 2 aromatic rings. The van der Waals surface area contributed by atoms with Gasteiger partial charge in [0.05, 0.1) is 30.1 Å². The molecule has 0 saturated carbocycles. The minimum atomic E-state index is 0.0195. The first-order valence-corrected chi connectivity index (χ1v) is 8.22. The lowest BCUT2D eigenvalue weighted by atomic mass is 10.0. The molecule has 0 amide bonds. The number of hydrogen-bond donors (Lipinski definition) is 2. The summed E-state index contributed by atoms with van der Waals surface area (Å²) in [4.78, 5) is 6.68. The van der Waals surface area contributed by atoms with Crippen LogP contribution >= 0.6 is 0 Å². The lowest BCUT2D eigenvalue weighted by Gasteiger charge is -2.39. The first kappa shape index (κ1) is 16.9. The van der Waals surface area contributed by atoms with Gasteiger partial charge in [-0.05, 0) is 32.2 Å². The number of nitrogens with one attached hydrogen (secondary N) is 1. The highest BCUT2D eigenvalue weighted by Gasteiger charge is 2.33. The Hall–Kier alpha value is -1.96. The maximum absolute atomic E-state index is 9.90. The van der Waals surface area contributed by atoms with E-state index in [1.165, 1.54) is 0 Å². The van der Waals surface area contributed by atoms with Gasteiger partial charge in [0.2, 0.25) is 0 Å². The minimum absolute atomic E-state index is 0.0195. The van der Waals surface area contributed by atoms with Crippen LogP contribution in [0.1, 0.15) is 23.1 Å². The lowest BCUT2D eigenvalue weighted by Crippen LogP contribution is -2.48. The smallest absolute Gasteiger partial charge is 0.138 e. The van der Waals surface area contributed by atoms with E-state index in [0.717, 1.165) is 17.9 Å². The van der Waals surface area contributed by atoms with Crippen molar-refractivity contribution in [2.45, 2.75) is 25.6 Å². The van der Waals surface area contributed by atoms with Gasteiger partial charge in [-0.3, -0.25) is 14.6 Å². The first-order chi connectivity index (χ1) is 11.6. The molecule has 0 bridgehead atoms. The average Bonchev–Trinajstić information content (AvgIpc) is 2.97. The number of likely N-dealkylation sites (N-methyl/N-ethyl adjacent to an activating group) is 1. The molecule has 7 heteroatoms. The Balaban J connectivity index is 1.66. The maximum atomic E-state index is 9.90. The van der Waals surface area contributed by atoms with E-state index >= 15 is 0 Å². The van der Waals surface area contributed by atoms with E-state index in [0.29, 0.717) is 25.4 Å². The largest absolute Gasteiger partial charge is 0.506 e. The second kappa shape index (κ2) is 7.29. The van der Waals surface area contributed by atoms with Gasteiger partial charge in [-0.1, -0.05) is 0 Å². The van der Waals surface area contributed by atoms with Crippen molar-refractivity contribution in [3.63, 3.8) is 0 Å². The Bertz CT molecular complexity index is 687. The number of pyridine rings is 1. The Morgan fingerprint density at radius 2 is 2.17 bits per heavy atom. The van der Waals surface area contributed by atoms with E-state index in [1.54, 1.807) is 12.1 Å². The first-order valence-electron chi connectivity index (χ1n) is 8.22. The van der Waals surface area contributed by atoms with E-state index in [2.05, 4.69) is 27.3 Å². The summed E-state index contributed by atoms with van der Waals surface area (Å²) in [6, 6.07) is 5.67. The normalized spacial score (nSPS) is 22.0. The van der Waals surface area contributed by atoms with Crippen molar-refractivity contribution in [3.05, 3.63) is 41.5 Å². The van der Waals surface area contributed by atoms with E-state index < -0.39 is 0 Å². The van der Waals surface area contributed by atoms with Gasteiger partial charge in [0, 0.05) is 38.6 Å². The van der Waals surface area contributed by atoms with Crippen LogP contribution in [-0.4, -0.2) is 57.6 Å². The Labute approximate surface area is 142 Å². The SMILES string of the molecule is Cc1ccc(O)c(CNC[C@@H]2OCCN(C)[C@H]2c2ccnn2C)n1. The van der Waals surface area contributed by atoms with Crippen molar-refractivity contribution < 1.29 is 9.84 Å². The second-order valence-corrected chi connectivity index (χ2v) is 6.26. The van der Waals surface area contributed by atoms with Crippen LogP contribution in [0.15, 0.2) is 24.4 Å². The highest BCUT2D eigenvalue weighted by molar-refractivity contribution is 5.27. The molecule has 24 heavy (non-hydrogen) atoms. The fourth-order valence-corrected chi connectivity index (χ4v) is 3.19. The van der Waals surface area contributed by atoms with Crippen molar-refractivity contribution in [1.29, 1.82) is 0 Å². The molecule has 0 unspecified atom stereocenters. The van der Waals surface area contributed by atoms with Gasteiger partial charge in [0.25, 0.3) is 0 Å². The zero-order chi connectivity index (χ0) is 17.1. The fourth-order valence-electron chi connectivity index (χ4n) is 3.19. The maximum Gasteiger partial charge on any atom is 0.138 e. The Morgan fingerprint density at radius 3 is 2.92 bits per heavy atom. The third-order valence-corrected chi connectivity index (χ3v) is 4.49. The number of hydrogen-bond acceptors (Lipinski definition) is 6. The summed E-state index contributed by atoms with van der Waals surface area (Å²) in [5.41, 5.74) is 2.70. The monoisotopic (exact) mass is 331 g/mol. The van der Waals surface area contributed by atoms with Gasteiger partial charge >= 0.3 is 0 Å². The third-order valence-electron chi connectivity index (χ3n) is 4.49. The molecule has 0 spiro atoms. The van der Waals surface area contributed by atoms with Crippen molar-refractivity contribution >= 4 is 0 Å². The van der Waals surface area contributed by atoms with E-state index in [-0.39, 0.29) is 17.9 Å². The fraction of sp³-hybridized carbons (Fsp3) is 0.529. The Kier molecular flexibility index (Phi) is 5.13. The number of morpholine rings is 1. The molecule has 2 aromatic heterocycles. The summed E-state index contributed by atoms with van der Waals surface area (Å²) in [6.07, 6.45) is 1.84. The molecule has 0 radical (unpaired) electrons. The van der Waals surface area contributed by atoms with Crippen LogP contribution in [0.2, 0.25) is 0 Å². The quantitative estimate of drug-likeness (QED) is 0.851. The van der Waals surface area contributed by atoms with Gasteiger partial charge in [-0.25, -0.2) is 0 Å². The summed E-state index contributed by atoms with van der Waals surface area (Å²) in [5.74, 6) is 0.220. The lowest BCUT2D eigenvalue weighted by molar-refractivity contribution is -0.0639. The van der Waals surface area contributed by atoms with Crippen molar-refractivity contribution in [2.75, 3.05) is 26.7 Å². The van der Waals surface area contributed by atoms with Crippen molar-refractivity contribution in [3.8, 4) is 5.75 Å².